The first-order chi connectivity index (χ1) is 10.4. The van der Waals surface area contributed by atoms with Crippen LogP contribution >= 0.6 is 0 Å². The van der Waals surface area contributed by atoms with Crippen LogP contribution in [-0.2, 0) is 14.4 Å². The van der Waals surface area contributed by atoms with Gasteiger partial charge in [-0.2, -0.15) is 0 Å². The molecule has 1 N–H and O–H groups in total. The van der Waals surface area contributed by atoms with E-state index in [1.807, 2.05) is 6.92 Å². The molecular weight excluding hydrogens is 286 g/mol. The van der Waals surface area contributed by atoms with Crippen molar-refractivity contribution in [1.82, 2.24) is 10.2 Å². The highest BCUT2D eigenvalue weighted by Crippen LogP contribution is 2.22. The molecule has 7 heteroatoms. The first-order valence-corrected chi connectivity index (χ1v) is 7.62. The van der Waals surface area contributed by atoms with Gasteiger partial charge in [-0.1, -0.05) is 18.5 Å². The number of carbonyl (C=O) groups excluding carboxylic acids is 3. The molecule has 0 radical (unpaired) electrons. The lowest BCUT2D eigenvalue weighted by molar-refractivity contribution is -0.133. The number of hydrogen-bond acceptors (Lipinski definition) is 5. The molecule has 124 valence electrons. The molecule has 2 amide bonds. The maximum atomic E-state index is 12.3. The molecule has 0 aromatic rings. The van der Waals surface area contributed by atoms with Crippen LogP contribution < -0.4 is 5.32 Å². The second-order valence-electron chi connectivity index (χ2n) is 5.57. The molecule has 0 unspecified atom stereocenters. The summed E-state index contributed by atoms with van der Waals surface area (Å²) in [5, 5.41) is 6.64. The van der Waals surface area contributed by atoms with Crippen LogP contribution in [0.25, 0.3) is 0 Å². The predicted octanol–water partition coefficient (Wildman–Crippen LogP) is 1.37. The van der Waals surface area contributed by atoms with Gasteiger partial charge in [0, 0.05) is 33.0 Å². The highest BCUT2D eigenvalue weighted by Gasteiger charge is 2.39. The summed E-state index contributed by atoms with van der Waals surface area (Å²) in [7, 11) is 3.22. The van der Waals surface area contributed by atoms with Gasteiger partial charge in [-0.25, -0.2) is 4.79 Å². The van der Waals surface area contributed by atoms with Gasteiger partial charge in [0.2, 0.25) is 0 Å². The summed E-state index contributed by atoms with van der Waals surface area (Å²) in [5.74, 6) is -1.22. The monoisotopic (exact) mass is 311 g/mol. The number of nitrogens with one attached hydrogen (secondary N) is 1. The van der Waals surface area contributed by atoms with Gasteiger partial charge < -0.3 is 15.1 Å². The SMILES string of the molecule is CCC/C(=N\OCC)C1C(=O)CC(NC(=O)N(C)C)CC1=O. The van der Waals surface area contributed by atoms with Crippen LogP contribution in [0, 0.1) is 5.92 Å². The normalized spacial score (nSPS) is 22.5. The smallest absolute Gasteiger partial charge is 0.317 e. The van der Waals surface area contributed by atoms with Crippen LogP contribution in [-0.4, -0.2) is 55.0 Å². The van der Waals surface area contributed by atoms with Crippen LogP contribution in [0.15, 0.2) is 5.16 Å². The summed E-state index contributed by atoms with van der Waals surface area (Å²) in [6.45, 7) is 4.15. The number of ketones is 2. The van der Waals surface area contributed by atoms with Crippen molar-refractivity contribution in [3.63, 3.8) is 0 Å². The van der Waals surface area contributed by atoms with Crippen molar-refractivity contribution in [2.45, 2.75) is 45.6 Å². The number of nitrogens with zero attached hydrogens (tertiary/aromatic N) is 2. The van der Waals surface area contributed by atoms with Gasteiger partial charge in [-0.05, 0) is 13.3 Å². The van der Waals surface area contributed by atoms with E-state index in [-0.39, 0.29) is 30.4 Å². The molecule has 0 aliphatic heterocycles. The molecule has 7 nitrogen and oxygen atoms in total. The Labute approximate surface area is 131 Å². The van der Waals surface area contributed by atoms with Gasteiger partial charge >= 0.3 is 6.03 Å². The van der Waals surface area contributed by atoms with Gasteiger partial charge in [0.15, 0.2) is 11.6 Å². The zero-order valence-corrected chi connectivity index (χ0v) is 13.7. The number of Topliss-reactive ketones (excluding diaryl/α,β-unsaturated/α-hetero) is 2. The molecule has 0 aromatic carbocycles. The molecule has 0 aromatic heterocycles. The van der Waals surface area contributed by atoms with Crippen molar-refractivity contribution >= 4 is 23.3 Å². The summed E-state index contributed by atoms with van der Waals surface area (Å²) in [5.41, 5.74) is 0.497. The maximum absolute atomic E-state index is 12.3. The van der Waals surface area contributed by atoms with Crippen molar-refractivity contribution in [2.24, 2.45) is 11.1 Å². The minimum Gasteiger partial charge on any atom is -0.396 e. The molecule has 1 aliphatic rings. The quantitative estimate of drug-likeness (QED) is 0.456. The Hall–Kier alpha value is -1.92. The summed E-state index contributed by atoms with van der Waals surface area (Å²) in [6.07, 6.45) is 1.62. The molecule has 0 atom stereocenters. The van der Waals surface area contributed by atoms with Gasteiger partial charge in [0.1, 0.15) is 12.5 Å². The highest BCUT2D eigenvalue weighted by atomic mass is 16.6. The molecule has 0 saturated heterocycles. The third kappa shape index (κ3) is 4.82. The van der Waals surface area contributed by atoms with Gasteiger partial charge in [0.05, 0.1) is 5.71 Å². The van der Waals surface area contributed by atoms with E-state index in [4.69, 9.17) is 4.84 Å². The van der Waals surface area contributed by atoms with Crippen molar-refractivity contribution in [1.29, 1.82) is 0 Å². The molecule has 0 bridgehead atoms. The van der Waals surface area contributed by atoms with E-state index in [1.165, 1.54) is 4.90 Å². The van der Waals surface area contributed by atoms with Crippen LogP contribution in [0.4, 0.5) is 4.79 Å². The van der Waals surface area contributed by atoms with Crippen molar-refractivity contribution in [3.8, 4) is 0 Å². The number of oxime groups is 1. The molecule has 1 saturated carbocycles. The molecule has 22 heavy (non-hydrogen) atoms. The first-order valence-electron chi connectivity index (χ1n) is 7.62. The number of rotatable bonds is 6. The average molecular weight is 311 g/mol. The molecule has 0 spiro atoms. The molecule has 1 aliphatic carbocycles. The Morgan fingerprint density at radius 3 is 2.32 bits per heavy atom. The lowest BCUT2D eigenvalue weighted by Gasteiger charge is -2.28. The Morgan fingerprint density at radius 2 is 1.86 bits per heavy atom. The highest BCUT2D eigenvalue weighted by molar-refractivity contribution is 6.22. The second kappa shape index (κ2) is 8.51. The molecule has 0 heterocycles. The lowest BCUT2D eigenvalue weighted by atomic mass is 9.80. The number of urea groups is 1. The topological polar surface area (TPSA) is 88.1 Å². The van der Waals surface area contributed by atoms with Crippen molar-refractivity contribution in [3.05, 3.63) is 0 Å². The van der Waals surface area contributed by atoms with E-state index in [0.717, 1.165) is 6.42 Å². The fourth-order valence-corrected chi connectivity index (χ4v) is 2.40. The van der Waals surface area contributed by atoms with E-state index >= 15 is 0 Å². The fraction of sp³-hybridized carbons (Fsp3) is 0.733. The summed E-state index contributed by atoms with van der Waals surface area (Å²) < 4.78 is 0. The standard InChI is InChI=1S/C15H25N3O4/c1-5-7-11(17-22-6-2)14-12(19)8-10(9-13(14)20)16-15(21)18(3)4/h10,14H,5-9H2,1-4H3,(H,16,21)/b17-11+. The zero-order valence-electron chi connectivity index (χ0n) is 13.7. The van der Waals surface area contributed by atoms with Gasteiger partial charge in [-0.15, -0.1) is 0 Å². The number of hydrogen-bond donors (Lipinski definition) is 1. The van der Waals surface area contributed by atoms with Gasteiger partial charge in [-0.3, -0.25) is 9.59 Å². The van der Waals surface area contributed by atoms with Gasteiger partial charge in [0.25, 0.3) is 0 Å². The Kier molecular flexibility index (Phi) is 7.01. The van der Waals surface area contributed by atoms with E-state index in [9.17, 15) is 14.4 Å². The van der Waals surface area contributed by atoms with E-state index in [2.05, 4.69) is 10.5 Å². The first kappa shape index (κ1) is 18.1. The molecule has 1 rings (SSSR count). The summed E-state index contributed by atoms with van der Waals surface area (Å²) >= 11 is 0. The van der Waals surface area contributed by atoms with E-state index in [0.29, 0.717) is 18.7 Å². The third-order valence-corrected chi connectivity index (χ3v) is 3.42. The minimum atomic E-state index is -0.820. The summed E-state index contributed by atoms with van der Waals surface area (Å²) in [4.78, 5) is 42.7. The maximum Gasteiger partial charge on any atom is 0.317 e. The molecule has 1 fully saturated rings. The van der Waals surface area contributed by atoms with E-state index < -0.39 is 12.0 Å². The van der Waals surface area contributed by atoms with E-state index in [1.54, 1.807) is 21.0 Å². The zero-order chi connectivity index (χ0) is 16.7. The largest absolute Gasteiger partial charge is 0.396 e. The van der Waals surface area contributed by atoms with Crippen LogP contribution in [0.2, 0.25) is 0 Å². The number of amides is 2. The Morgan fingerprint density at radius 1 is 1.27 bits per heavy atom. The Bertz CT molecular complexity index is 442. The average Bonchev–Trinajstić information content (AvgIpc) is 2.43. The predicted molar refractivity (Wildman–Crippen MR) is 82.7 cm³/mol. The van der Waals surface area contributed by atoms with Crippen LogP contribution in [0.5, 0.6) is 0 Å². The van der Waals surface area contributed by atoms with Crippen molar-refractivity contribution in [2.75, 3.05) is 20.7 Å². The second-order valence-corrected chi connectivity index (χ2v) is 5.57. The van der Waals surface area contributed by atoms with Crippen molar-refractivity contribution < 1.29 is 19.2 Å². The third-order valence-electron chi connectivity index (χ3n) is 3.42. The van der Waals surface area contributed by atoms with Crippen LogP contribution in [0.3, 0.4) is 0 Å². The van der Waals surface area contributed by atoms with Crippen LogP contribution in [0.1, 0.15) is 39.5 Å². The Balaban J connectivity index is 2.79. The fourth-order valence-electron chi connectivity index (χ4n) is 2.40. The number of carbonyl (C=O) groups is 3. The summed E-state index contributed by atoms with van der Waals surface area (Å²) in [6, 6.07) is -0.748. The molecular formula is C15H25N3O4. The lowest BCUT2D eigenvalue weighted by Crippen LogP contribution is -2.49. The minimum absolute atomic E-state index is 0.144.